The SMILES string of the molecule is CC(C)(O)c1cnnn1[C@H]1C[C@@H](C(=O)NC2(C(=O)C(N)=O)CCOCC2)N(C(=O)C(CC2CCCCC2)=NC(=O)c2ccc(S(=O)(=O)C3CC3)cc2)C1. The van der Waals surface area contributed by atoms with Gasteiger partial charge in [0.25, 0.3) is 17.7 Å². The molecule has 2 aliphatic heterocycles. The molecule has 4 fully saturated rings. The average molecular weight is 754 g/mol. The van der Waals surface area contributed by atoms with Crippen molar-refractivity contribution in [3.8, 4) is 0 Å². The van der Waals surface area contributed by atoms with Crippen LogP contribution in [0.25, 0.3) is 0 Å². The minimum Gasteiger partial charge on any atom is -0.384 e. The zero-order valence-corrected chi connectivity index (χ0v) is 30.8. The fourth-order valence-corrected chi connectivity index (χ4v) is 9.31. The molecule has 4 aliphatic rings. The van der Waals surface area contributed by atoms with Gasteiger partial charge in [0.1, 0.15) is 22.9 Å². The van der Waals surface area contributed by atoms with E-state index in [4.69, 9.17) is 10.5 Å². The van der Waals surface area contributed by atoms with E-state index in [1.165, 1.54) is 40.0 Å². The number of ketones is 1. The van der Waals surface area contributed by atoms with E-state index in [9.17, 15) is 37.5 Å². The van der Waals surface area contributed by atoms with Crippen molar-refractivity contribution in [2.24, 2.45) is 16.6 Å². The van der Waals surface area contributed by atoms with E-state index < -0.39 is 67.7 Å². The number of sulfone groups is 1. The number of nitrogens with one attached hydrogen (secondary N) is 1. The third kappa shape index (κ3) is 8.26. The van der Waals surface area contributed by atoms with Gasteiger partial charge >= 0.3 is 0 Å². The smallest absolute Gasteiger partial charge is 0.287 e. The highest BCUT2D eigenvalue weighted by Crippen LogP contribution is 2.35. The maximum atomic E-state index is 14.7. The maximum Gasteiger partial charge on any atom is 0.287 e. The van der Waals surface area contributed by atoms with Crippen LogP contribution in [0.4, 0.5) is 0 Å². The number of hydrogen-bond acceptors (Lipinski definition) is 11. The molecule has 0 radical (unpaired) electrons. The molecule has 0 unspecified atom stereocenters. The van der Waals surface area contributed by atoms with Crippen LogP contribution in [0.2, 0.25) is 0 Å². The van der Waals surface area contributed by atoms with E-state index in [1.807, 2.05) is 0 Å². The van der Waals surface area contributed by atoms with Crippen LogP contribution in [0.5, 0.6) is 0 Å². The highest BCUT2D eigenvalue weighted by molar-refractivity contribution is 7.92. The molecule has 53 heavy (non-hydrogen) atoms. The molecule has 17 heteroatoms. The summed E-state index contributed by atoms with van der Waals surface area (Å²) in [6.07, 6.45) is 7.41. The molecule has 2 atom stereocenters. The van der Waals surface area contributed by atoms with E-state index in [0.717, 1.165) is 32.1 Å². The number of rotatable bonds is 12. The number of Topliss-reactive ketones (excluding diaryl/α,β-unsaturated/α-hetero) is 1. The van der Waals surface area contributed by atoms with Gasteiger partial charge in [-0.15, -0.1) is 5.10 Å². The molecule has 3 heterocycles. The van der Waals surface area contributed by atoms with Crippen molar-refractivity contribution in [2.75, 3.05) is 19.8 Å². The Morgan fingerprint density at radius 3 is 2.30 bits per heavy atom. The number of aliphatic hydroxyl groups is 1. The van der Waals surface area contributed by atoms with E-state index in [0.29, 0.717) is 18.5 Å². The summed E-state index contributed by atoms with van der Waals surface area (Å²) >= 11 is 0. The Morgan fingerprint density at radius 1 is 1.04 bits per heavy atom. The molecule has 4 N–H and O–H groups in total. The first-order valence-electron chi connectivity index (χ1n) is 18.2. The van der Waals surface area contributed by atoms with Gasteiger partial charge < -0.3 is 25.8 Å². The Labute approximate surface area is 307 Å². The lowest BCUT2D eigenvalue weighted by Gasteiger charge is -2.37. The zero-order valence-electron chi connectivity index (χ0n) is 30.0. The summed E-state index contributed by atoms with van der Waals surface area (Å²) in [6, 6.07) is 3.68. The Balaban J connectivity index is 1.35. The number of likely N-dealkylation sites (tertiary alicyclic amines) is 1. The average Bonchev–Trinajstić information content (AvgIpc) is 3.71. The molecular weight excluding hydrogens is 707 g/mol. The van der Waals surface area contributed by atoms with Crippen molar-refractivity contribution in [3.63, 3.8) is 0 Å². The van der Waals surface area contributed by atoms with Crippen molar-refractivity contribution in [1.29, 1.82) is 0 Å². The van der Waals surface area contributed by atoms with Crippen LogP contribution in [-0.2, 0) is 39.4 Å². The monoisotopic (exact) mass is 753 g/mol. The second kappa shape index (κ2) is 15.2. The normalized spacial score (nSPS) is 22.7. The Hall–Kier alpha value is -4.35. The van der Waals surface area contributed by atoms with Gasteiger partial charge in [0.2, 0.25) is 11.7 Å². The van der Waals surface area contributed by atoms with Crippen molar-refractivity contribution in [3.05, 3.63) is 41.7 Å². The van der Waals surface area contributed by atoms with Gasteiger partial charge in [-0.25, -0.2) is 18.1 Å². The van der Waals surface area contributed by atoms with Crippen LogP contribution in [0.3, 0.4) is 0 Å². The van der Waals surface area contributed by atoms with Crippen LogP contribution in [0.1, 0.15) is 107 Å². The van der Waals surface area contributed by atoms with Gasteiger partial charge in [-0.2, -0.15) is 0 Å². The molecular formula is C36H47N7O9S. The first-order valence-corrected chi connectivity index (χ1v) is 19.8. The van der Waals surface area contributed by atoms with Crippen molar-refractivity contribution in [1.82, 2.24) is 25.2 Å². The minimum atomic E-state index is -3.48. The number of amides is 4. The highest BCUT2D eigenvalue weighted by atomic mass is 32.2. The number of benzene rings is 1. The lowest BCUT2D eigenvalue weighted by atomic mass is 9.84. The van der Waals surface area contributed by atoms with Crippen LogP contribution < -0.4 is 11.1 Å². The van der Waals surface area contributed by atoms with Crippen LogP contribution in [0.15, 0.2) is 40.4 Å². The number of nitrogens with two attached hydrogens (primary N) is 1. The number of aliphatic imine (C=N–C) groups is 1. The summed E-state index contributed by atoms with van der Waals surface area (Å²) in [5, 5.41) is 21.3. The quantitative estimate of drug-likeness (QED) is 0.208. The van der Waals surface area contributed by atoms with Crippen molar-refractivity contribution < 1.29 is 42.2 Å². The fourth-order valence-electron chi connectivity index (χ4n) is 7.66. The largest absolute Gasteiger partial charge is 0.384 e. The summed E-state index contributed by atoms with van der Waals surface area (Å²) in [5.74, 6) is -4.22. The molecule has 6 rings (SSSR count). The third-order valence-corrected chi connectivity index (χ3v) is 13.1. The predicted octanol–water partition coefficient (Wildman–Crippen LogP) is 1.56. The number of carbonyl (C=O) groups excluding carboxylic acids is 5. The van der Waals surface area contributed by atoms with Gasteiger partial charge in [0.15, 0.2) is 9.84 Å². The van der Waals surface area contributed by atoms with Gasteiger partial charge in [0.05, 0.1) is 28.1 Å². The maximum absolute atomic E-state index is 14.7. The van der Waals surface area contributed by atoms with Gasteiger partial charge in [-0.3, -0.25) is 24.0 Å². The van der Waals surface area contributed by atoms with Crippen LogP contribution in [-0.4, -0.2) is 105 Å². The molecule has 1 aromatic heterocycles. The first kappa shape index (κ1) is 38.4. The zero-order chi connectivity index (χ0) is 38.1. The lowest BCUT2D eigenvalue weighted by Crippen LogP contribution is -2.63. The second-order valence-electron chi connectivity index (χ2n) is 15.2. The minimum absolute atomic E-state index is 0.000170. The number of ether oxygens (including phenoxy) is 1. The Bertz CT molecular complexity index is 1890. The molecule has 1 aromatic carbocycles. The van der Waals surface area contributed by atoms with E-state index in [-0.39, 0.29) is 67.5 Å². The Kier molecular flexibility index (Phi) is 11.0. The van der Waals surface area contributed by atoms with Crippen molar-refractivity contribution in [2.45, 2.75) is 118 Å². The van der Waals surface area contributed by atoms with Crippen LogP contribution >= 0.6 is 0 Å². The van der Waals surface area contributed by atoms with Gasteiger partial charge in [-0.1, -0.05) is 37.3 Å². The topological polar surface area (TPSA) is 233 Å². The number of aromatic nitrogens is 3. The molecule has 16 nitrogen and oxygen atoms in total. The second-order valence-corrected chi connectivity index (χ2v) is 17.4. The lowest BCUT2D eigenvalue weighted by molar-refractivity contribution is -0.146. The van der Waals surface area contributed by atoms with Crippen LogP contribution in [0, 0.1) is 5.92 Å². The predicted molar refractivity (Wildman–Crippen MR) is 189 cm³/mol. The molecule has 0 bridgehead atoms. The van der Waals surface area contributed by atoms with E-state index in [1.54, 1.807) is 13.8 Å². The fraction of sp³-hybridized carbons (Fsp3) is 0.611. The Morgan fingerprint density at radius 2 is 1.70 bits per heavy atom. The number of hydrogen-bond donors (Lipinski definition) is 3. The number of carbonyl (C=O) groups is 5. The molecule has 286 valence electrons. The summed E-state index contributed by atoms with van der Waals surface area (Å²) in [6.45, 7) is 3.23. The van der Waals surface area contributed by atoms with E-state index >= 15 is 0 Å². The summed E-state index contributed by atoms with van der Waals surface area (Å²) in [5.41, 5.74) is 2.80. The number of nitrogens with zero attached hydrogens (tertiary/aromatic N) is 5. The summed E-state index contributed by atoms with van der Waals surface area (Å²) in [4.78, 5) is 73.6. The molecule has 0 spiro atoms. The summed E-state index contributed by atoms with van der Waals surface area (Å²) < 4.78 is 32.3. The van der Waals surface area contributed by atoms with Crippen molar-refractivity contribution >= 4 is 45.0 Å². The highest BCUT2D eigenvalue weighted by Gasteiger charge is 2.49. The third-order valence-electron chi connectivity index (χ3n) is 10.8. The van der Waals surface area contributed by atoms with E-state index in [2.05, 4.69) is 20.6 Å². The summed E-state index contributed by atoms with van der Waals surface area (Å²) in [7, 11) is -3.48. The van der Waals surface area contributed by atoms with Gasteiger partial charge in [0, 0.05) is 44.6 Å². The molecule has 2 saturated heterocycles. The standard InChI is InChI=1S/C36H47N7O9S/c1-35(2,49)29-20-38-41-43(29)24-19-28(33(47)40-36(30(44)31(37)45)14-16-52-17-15-36)42(21-24)34(48)27(18-22-6-4-3-5-7-22)39-32(46)23-8-10-25(11-9-23)53(50,51)26-12-13-26/h8-11,20,22,24,26,28,49H,3-7,12-19,21H2,1-2H3,(H2,37,45)(H,40,47)/t24-,28-/m0/s1. The van der Waals surface area contributed by atoms with Gasteiger partial charge in [-0.05, 0) is 63.3 Å². The first-order chi connectivity index (χ1) is 25.1. The number of primary amides is 1. The molecule has 2 aromatic rings. The molecule has 2 aliphatic carbocycles. The molecule has 2 saturated carbocycles. The molecule has 4 amide bonds.